The maximum atomic E-state index is 11.9. The van der Waals surface area contributed by atoms with Crippen LogP contribution < -0.4 is 10.1 Å². The van der Waals surface area contributed by atoms with Crippen LogP contribution in [0.15, 0.2) is 24.3 Å². The van der Waals surface area contributed by atoms with Gasteiger partial charge in [0.1, 0.15) is 10.8 Å². The number of fused-ring (bicyclic) bond motifs is 1. The van der Waals surface area contributed by atoms with E-state index in [9.17, 15) is 4.79 Å². The monoisotopic (exact) mass is 357 g/mol. The number of carbonyl (C=O) groups excluding carboxylic acids is 1. The summed E-state index contributed by atoms with van der Waals surface area (Å²) in [6.45, 7) is 2.55. The largest absolute Gasteiger partial charge is 0.484 e. The van der Waals surface area contributed by atoms with Gasteiger partial charge in [-0.15, -0.1) is 10.2 Å². The number of hydrogen-bond acceptors (Lipinski definition) is 6. The first kappa shape index (κ1) is 16.0. The van der Waals surface area contributed by atoms with Crippen molar-refractivity contribution in [1.82, 2.24) is 25.1 Å². The van der Waals surface area contributed by atoms with E-state index in [1.807, 2.05) is 35.7 Å². The van der Waals surface area contributed by atoms with Gasteiger partial charge in [-0.25, -0.2) is 0 Å². The molecule has 1 fully saturated rings. The van der Waals surface area contributed by atoms with E-state index >= 15 is 0 Å². The molecule has 0 saturated heterocycles. The molecule has 0 unspecified atom stereocenters. The van der Waals surface area contributed by atoms with Gasteiger partial charge < -0.3 is 10.1 Å². The molecule has 0 radical (unpaired) electrons. The second-order valence-corrected chi connectivity index (χ2v) is 7.26. The van der Waals surface area contributed by atoms with Gasteiger partial charge in [0.2, 0.25) is 4.96 Å². The average molecular weight is 357 g/mol. The lowest BCUT2D eigenvalue weighted by Gasteiger charge is -2.07. The van der Waals surface area contributed by atoms with Crippen LogP contribution in [0.5, 0.6) is 5.75 Å². The smallest absolute Gasteiger partial charge is 0.257 e. The zero-order chi connectivity index (χ0) is 17.2. The maximum absolute atomic E-state index is 11.9. The van der Waals surface area contributed by atoms with Crippen molar-refractivity contribution in [2.24, 2.45) is 0 Å². The normalized spacial score (nSPS) is 14.0. The Morgan fingerprint density at radius 3 is 2.88 bits per heavy atom. The molecule has 1 aromatic carbocycles. The van der Waals surface area contributed by atoms with Crippen molar-refractivity contribution >= 4 is 22.2 Å². The number of hydrogen-bond donors (Lipinski definition) is 1. The Kier molecular flexibility index (Phi) is 4.35. The highest BCUT2D eigenvalue weighted by Crippen LogP contribution is 2.39. The Hall–Kier alpha value is -2.48. The number of rotatable bonds is 7. The van der Waals surface area contributed by atoms with Crippen molar-refractivity contribution in [3.63, 3.8) is 0 Å². The number of aromatic nitrogens is 4. The summed E-state index contributed by atoms with van der Waals surface area (Å²) in [5, 5.41) is 16.7. The molecular formula is C17H19N5O2S. The van der Waals surface area contributed by atoms with Crippen molar-refractivity contribution < 1.29 is 9.53 Å². The van der Waals surface area contributed by atoms with Gasteiger partial charge in [0.15, 0.2) is 12.4 Å². The standard InChI is InChI=1S/C17H19N5O2S/c1-11-2-6-13(7-3-11)24-10-14(23)18-9-8-15-21-22-16(12-4-5-12)19-20-17(22)25-15/h2-3,6-7,12H,4-5,8-10H2,1H3,(H,18,23). The van der Waals surface area contributed by atoms with E-state index in [1.54, 1.807) is 0 Å². The molecule has 25 heavy (non-hydrogen) atoms. The van der Waals surface area contributed by atoms with Crippen LogP contribution in [-0.2, 0) is 11.2 Å². The molecule has 8 heteroatoms. The first-order chi connectivity index (χ1) is 12.2. The molecule has 130 valence electrons. The first-order valence-electron chi connectivity index (χ1n) is 8.36. The molecule has 0 aliphatic heterocycles. The fourth-order valence-electron chi connectivity index (χ4n) is 2.51. The van der Waals surface area contributed by atoms with Crippen LogP contribution in [-0.4, -0.2) is 38.9 Å². The summed E-state index contributed by atoms with van der Waals surface area (Å²) in [6.07, 6.45) is 3.02. The van der Waals surface area contributed by atoms with E-state index in [1.165, 1.54) is 24.2 Å². The number of carbonyl (C=O) groups is 1. The minimum Gasteiger partial charge on any atom is -0.484 e. The third kappa shape index (κ3) is 3.79. The molecule has 2 heterocycles. The van der Waals surface area contributed by atoms with Crippen molar-refractivity contribution in [1.29, 1.82) is 0 Å². The lowest BCUT2D eigenvalue weighted by atomic mass is 10.2. The highest BCUT2D eigenvalue weighted by atomic mass is 32.1. The first-order valence-corrected chi connectivity index (χ1v) is 9.18. The minimum absolute atomic E-state index is 0.0139. The Labute approximate surface area is 149 Å². The van der Waals surface area contributed by atoms with Crippen LogP contribution in [0.4, 0.5) is 0 Å². The number of aryl methyl sites for hydroxylation is 1. The molecule has 0 atom stereocenters. The molecule has 1 aliphatic carbocycles. The maximum Gasteiger partial charge on any atom is 0.257 e. The quantitative estimate of drug-likeness (QED) is 0.700. The predicted molar refractivity (Wildman–Crippen MR) is 94.0 cm³/mol. The number of benzene rings is 1. The SMILES string of the molecule is Cc1ccc(OCC(=O)NCCc2nn3c(C4CC4)nnc3s2)cc1. The highest BCUT2D eigenvalue weighted by Gasteiger charge is 2.29. The zero-order valence-electron chi connectivity index (χ0n) is 13.9. The van der Waals surface area contributed by atoms with Gasteiger partial charge >= 0.3 is 0 Å². The summed E-state index contributed by atoms with van der Waals surface area (Å²) in [4.78, 5) is 12.7. The van der Waals surface area contributed by atoms with Crippen molar-refractivity contribution in [3.05, 3.63) is 40.7 Å². The molecule has 3 aromatic rings. The van der Waals surface area contributed by atoms with Crippen LogP contribution in [0.2, 0.25) is 0 Å². The van der Waals surface area contributed by atoms with Crippen molar-refractivity contribution in [3.8, 4) is 5.75 Å². The molecular weight excluding hydrogens is 338 g/mol. The number of amides is 1. The molecule has 1 aliphatic rings. The van der Waals surface area contributed by atoms with Gasteiger partial charge in [0, 0.05) is 18.9 Å². The number of nitrogens with one attached hydrogen (secondary N) is 1. The molecule has 0 bridgehead atoms. The second kappa shape index (κ2) is 6.79. The Morgan fingerprint density at radius 2 is 2.12 bits per heavy atom. The van der Waals surface area contributed by atoms with Gasteiger partial charge in [0.05, 0.1) is 0 Å². The molecule has 7 nitrogen and oxygen atoms in total. The Balaban J connectivity index is 1.24. The van der Waals surface area contributed by atoms with Gasteiger partial charge in [-0.2, -0.15) is 9.61 Å². The lowest BCUT2D eigenvalue weighted by molar-refractivity contribution is -0.123. The van der Waals surface area contributed by atoms with E-state index in [2.05, 4.69) is 20.6 Å². The molecule has 1 saturated carbocycles. The summed E-state index contributed by atoms with van der Waals surface area (Å²) in [5.41, 5.74) is 1.16. The summed E-state index contributed by atoms with van der Waals surface area (Å²) in [6, 6.07) is 7.63. The third-order valence-corrected chi connectivity index (χ3v) is 5.01. The van der Waals surface area contributed by atoms with Crippen LogP contribution in [0.25, 0.3) is 4.96 Å². The second-order valence-electron chi connectivity index (χ2n) is 6.22. The van der Waals surface area contributed by atoms with Gasteiger partial charge in [-0.05, 0) is 31.9 Å². The van der Waals surface area contributed by atoms with E-state index in [4.69, 9.17) is 4.74 Å². The molecule has 2 aromatic heterocycles. The lowest BCUT2D eigenvalue weighted by Crippen LogP contribution is -2.30. The molecule has 1 amide bonds. The van der Waals surface area contributed by atoms with Crippen molar-refractivity contribution in [2.75, 3.05) is 13.2 Å². The summed E-state index contributed by atoms with van der Waals surface area (Å²) in [7, 11) is 0. The fourth-order valence-corrected chi connectivity index (χ4v) is 3.35. The van der Waals surface area contributed by atoms with E-state index in [-0.39, 0.29) is 12.5 Å². The zero-order valence-corrected chi connectivity index (χ0v) is 14.8. The summed E-state index contributed by atoms with van der Waals surface area (Å²) < 4.78 is 7.31. The third-order valence-electron chi connectivity index (χ3n) is 4.05. The van der Waals surface area contributed by atoms with E-state index in [0.717, 1.165) is 21.4 Å². The highest BCUT2D eigenvalue weighted by molar-refractivity contribution is 7.16. The van der Waals surface area contributed by atoms with E-state index in [0.29, 0.717) is 24.6 Å². The summed E-state index contributed by atoms with van der Waals surface area (Å²) >= 11 is 1.52. The van der Waals surface area contributed by atoms with Crippen LogP contribution >= 0.6 is 11.3 Å². The number of nitrogens with zero attached hydrogens (tertiary/aromatic N) is 4. The Bertz CT molecular complexity index is 882. The molecule has 1 N–H and O–H groups in total. The Morgan fingerprint density at radius 1 is 1.32 bits per heavy atom. The van der Waals surface area contributed by atoms with Crippen molar-refractivity contribution in [2.45, 2.75) is 32.1 Å². The van der Waals surface area contributed by atoms with Gasteiger partial charge in [-0.1, -0.05) is 29.0 Å². The van der Waals surface area contributed by atoms with Crippen LogP contribution in [0.3, 0.4) is 0 Å². The average Bonchev–Trinajstić information content (AvgIpc) is 3.25. The molecule has 0 spiro atoms. The van der Waals surface area contributed by atoms with Gasteiger partial charge in [0.25, 0.3) is 5.91 Å². The summed E-state index contributed by atoms with van der Waals surface area (Å²) in [5.74, 6) is 2.04. The van der Waals surface area contributed by atoms with Crippen LogP contribution in [0, 0.1) is 6.92 Å². The van der Waals surface area contributed by atoms with Crippen LogP contribution in [0.1, 0.15) is 35.2 Å². The predicted octanol–water partition coefficient (Wildman–Crippen LogP) is 2.11. The minimum atomic E-state index is -0.137. The van der Waals surface area contributed by atoms with E-state index < -0.39 is 0 Å². The molecule has 4 rings (SSSR count). The van der Waals surface area contributed by atoms with Gasteiger partial charge in [-0.3, -0.25) is 4.79 Å². The topological polar surface area (TPSA) is 81.4 Å². The number of ether oxygens (including phenoxy) is 1. The fraction of sp³-hybridized carbons (Fsp3) is 0.412.